The monoisotopic (exact) mass is 270 g/mol. The second-order valence-corrected chi connectivity index (χ2v) is 5.11. The van der Waals surface area contributed by atoms with E-state index in [-0.39, 0.29) is 17.8 Å². The summed E-state index contributed by atoms with van der Waals surface area (Å²) in [4.78, 5) is 18.3. The minimum atomic E-state index is -0.256. The summed E-state index contributed by atoms with van der Waals surface area (Å²) >= 11 is 0. The van der Waals surface area contributed by atoms with Crippen LogP contribution < -0.4 is 0 Å². The molecule has 1 aromatic heterocycles. The fourth-order valence-corrected chi connectivity index (χ4v) is 2.50. The SMILES string of the molecule is Cc1cncc(C(=O)N2CCC2c2ccc(F)cc2)c1. The molecule has 1 atom stereocenters. The Bertz CT molecular complexity index is 639. The van der Waals surface area contributed by atoms with Gasteiger partial charge in [-0.15, -0.1) is 0 Å². The molecule has 2 aromatic rings. The number of rotatable bonds is 2. The summed E-state index contributed by atoms with van der Waals surface area (Å²) < 4.78 is 12.9. The van der Waals surface area contributed by atoms with E-state index in [9.17, 15) is 9.18 Å². The molecule has 1 unspecified atom stereocenters. The van der Waals surface area contributed by atoms with Crippen molar-refractivity contribution in [3.05, 3.63) is 65.2 Å². The molecule has 3 nitrogen and oxygen atoms in total. The number of carbonyl (C=O) groups excluding carboxylic acids is 1. The van der Waals surface area contributed by atoms with Crippen molar-refractivity contribution < 1.29 is 9.18 Å². The van der Waals surface area contributed by atoms with Crippen molar-refractivity contribution >= 4 is 5.91 Å². The van der Waals surface area contributed by atoms with Gasteiger partial charge in [0.1, 0.15) is 5.82 Å². The molecule has 0 aliphatic carbocycles. The zero-order valence-electron chi connectivity index (χ0n) is 11.2. The van der Waals surface area contributed by atoms with E-state index in [4.69, 9.17) is 0 Å². The molecule has 20 heavy (non-hydrogen) atoms. The lowest BCUT2D eigenvalue weighted by molar-refractivity contribution is 0.0460. The van der Waals surface area contributed by atoms with E-state index in [1.54, 1.807) is 24.5 Å². The van der Waals surface area contributed by atoms with Gasteiger partial charge in [0.25, 0.3) is 5.91 Å². The molecular formula is C16H15FN2O. The summed E-state index contributed by atoms with van der Waals surface area (Å²) in [5.41, 5.74) is 2.55. The Morgan fingerprint density at radius 2 is 2.05 bits per heavy atom. The van der Waals surface area contributed by atoms with Gasteiger partial charge in [-0.3, -0.25) is 9.78 Å². The summed E-state index contributed by atoms with van der Waals surface area (Å²) in [6, 6.07) is 8.25. The number of benzene rings is 1. The van der Waals surface area contributed by atoms with Gasteiger partial charge in [-0.1, -0.05) is 12.1 Å². The molecule has 1 aliphatic heterocycles. The fourth-order valence-electron chi connectivity index (χ4n) is 2.50. The Morgan fingerprint density at radius 3 is 2.65 bits per heavy atom. The second-order valence-electron chi connectivity index (χ2n) is 5.11. The quantitative estimate of drug-likeness (QED) is 0.840. The third kappa shape index (κ3) is 2.29. The number of likely N-dealkylation sites (tertiary alicyclic amines) is 1. The van der Waals surface area contributed by atoms with Crippen LogP contribution in [0.2, 0.25) is 0 Å². The van der Waals surface area contributed by atoms with Crippen molar-refractivity contribution in [2.75, 3.05) is 6.54 Å². The van der Waals surface area contributed by atoms with Crippen molar-refractivity contribution in [2.24, 2.45) is 0 Å². The van der Waals surface area contributed by atoms with Crippen LogP contribution in [-0.2, 0) is 0 Å². The average molecular weight is 270 g/mol. The Hall–Kier alpha value is -2.23. The van der Waals surface area contributed by atoms with E-state index in [0.29, 0.717) is 5.56 Å². The van der Waals surface area contributed by atoms with Gasteiger partial charge in [-0.25, -0.2) is 4.39 Å². The summed E-state index contributed by atoms with van der Waals surface area (Å²) in [6.45, 7) is 2.65. The van der Waals surface area contributed by atoms with E-state index in [0.717, 1.165) is 24.1 Å². The zero-order chi connectivity index (χ0) is 14.1. The normalized spacial score (nSPS) is 17.7. The lowest BCUT2D eigenvalue weighted by Gasteiger charge is -2.41. The highest BCUT2D eigenvalue weighted by atomic mass is 19.1. The molecule has 0 radical (unpaired) electrons. The maximum Gasteiger partial charge on any atom is 0.255 e. The standard InChI is InChI=1S/C16H15FN2O/c1-11-8-13(10-18-9-11)16(20)19-7-6-15(19)12-2-4-14(17)5-3-12/h2-5,8-10,15H,6-7H2,1H3. The predicted molar refractivity (Wildman–Crippen MR) is 73.8 cm³/mol. The fraction of sp³-hybridized carbons (Fsp3) is 0.250. The number of hydrogen-bond donors (Lipinski definition) is 0. The highest BCUT2D eigenvalue weighted by Crippen LogP contribution is 2.34. The second kappa shape index (κ2) is 5.04. The molecule has 0 spiro atoms. The molecule has 1 amide bonds. The number of carbonyl (C=O) groups is 1. The Morgan fingerprint density at radius 1 is 1.30 bits per heavy atom. The van der Waals surface area contributed by atoms with Crippen LogP contribution in [0.5, 0.6) is 0 Å². The smallest absolute Gasteiger partial charge is 0.255 e. The molecule has 1 fully saturated rings. The molecule has 1 saturated heterocycles. The molecule has 0 bridgehead atoms. The minimum Gasteiger partial charge on any atom is -0.331 e. The molecule has 1 aromatic carbocycles. The van der Waals surface area contributed by atoms with Crippen LogP contribution >= 0.6 is 0 Å². The van der Waals surface area contributed by atoms with Crippen LogP contribution in [0.4, 0.5) is 4.39 Å². The molecule has 1 aliphatic rings. The number of halogens is 1. The van der Waals surface area contributed by atoms with Gasteiger partial charge >= 0.3 is 0 Å². The summed E-state index contributed by atoms with van der Waals surface area (Å²) in [7, 11) is 0. The van der Waals surface area contributed by atoms with Gasteiger partial charge in [0.2, 0.25) is 0 Å². The molecule has 0 N–H and O–H groups in total. The van der Waals surface area contributed by atoms with E-state index in [2.05, 4.69) is 4.98 Å². The zero-order valence-corrected chi connectivity index (χ0v) is 11.2. The molecule has 4 heteroatoms. The number of pyridine rings is 1. The van der Waals surface area contributed by atoms with Crippen LogP contribution in [-0.4, -0.2) is 22.3 Å². The Labute approximate surface area is 117 Å². The molecule has 2 heterocycles. The Balaban J connectivity index is 1.81. The topological polar surface area (TPSA) is 33.2 Å². The molecular weight excluding hydrogens is 255 g/mol. The predicted octanol–water partition coefficient (Wildman–Crippen LogP) is 3.12. The van der Waals surface area contributed by atoms with Crippen molar-refractivity contribution in [1.29, 1.82) is 0 Å². The molecule has 3 rings (SSSR count). The van der Waals surface area contributed by atoms with Gasteiger partial charge in [0.15, 0.2) is 0 Å². The van der Waals surface area contributed by atoms with Gasteiger partial charge in [0, 0.05) is 18.9 Å². The first-order valence-corrected chi connectivity index (χ1v) is 6.63. The van der Waals surface area contributed by atoms with E-state index < -0.39 is 0 Å². The van der Waals surface area contributed by atoms with Gasteiger partial charge in [-0.2, -0.15) is 0 Å². The van der Waals surface area contributed by atoms with Crippen molar-refractivity contribution in [2.45, 2.75) is 19.4 Å². The minimum absolute atomic E-state index is 0.0122. The Kier molecular flexibility index (Phi) is 3.22. The molecule has 102 valence electrons. The van der Waals surface area contributed by atoms with Crippen molar-refractivity contribution in [3.8, 4) is 0 Å². The lowest BCUT2D eigenvalue weighted by Crippen LogP contribution is -2.45. The van der Waals surface area contributed by atoms with Gasteiger partial charge in [0.05, 0.1) is 11.6 Å². The van der Waals surface area contributed by atoms with Gasteiger partial charge < -0.3 is 4.90 Å². The van der Waals surface area contributed by atoms with Crippen LogP contribution in [0.3, 0.4) is 0 Å². The van der Waals surface area contributed by atoms with E-state index in [1.807, 2.05) is 17.9 Å². The third-order valence-corrected chi connectivity index (χ3v) is 3.66. The maximum atomic E-state index is 12.9. The lowest BCUT2D eigenvalue weighted by atomic mass is 9.94. The molecule has 0 saturated carbocycles. The summed E-state index contributed by atoms with van der Waals surface area (Å²) in [5.74, 6) is -0.268. The average Bonchev–Trinajstić information content (AvgIpc) is 2.40. The maximum absolute atomic E-state index is 12.9. The van der Waals surface area contributed by atoms with E-state index in [1.165, 1.54) is 12.1 Å². The summed E-state index contributed by atoms with van der Waals surface area (Å²) in [6.07, 6.45) is 4.23. The van der Waals surface area contributed by atoms with Crippen molar-refractivity contribution in [3.63, 3.8) is 0 Å². The van der Waals surface area contributed by atoms with Gasteiger partial charge in [-0.05, 0) is 42.7 Å². The number of nitrogens with zero attached hydrogens (tertiary/aromatic N) is 2. The summed E-state index contributed by atoms with van der Waals surface area (Å²) in [5, 5.41) is 0. The van der Waals surface area contributed by atoms with Crippen molar-refractivity contribution in [1.82, 2.24) is 9.88 Å². The van der Waals surface area contributed by atoms with Crippen LogP contribution in [0.1, 0.15) is 33.9 Å². The number of amides is 1. The first-order chi connectivity index (χ1) is 9.65. The van der Waals surface area contributed by atoms with Crippen LogP contribution in [0, 0.1) is 12.7 Å². The first-order valence-electron chi connectivity index (χ1n) is 6.63. The largest absolute Gasteiger partial charge is 0.331 e. The number of aryl methyl sites for hydroxylation is 1. The van der Waals surface area contributed by atoms with Crippen LogP contribution in [0.25, 0.3) is 0 Å². The number of aromatic nitrogens is 1. The van der Waals surface area contributed by atoms with E-state index >= 15 is 0 Å². The highest BCUT2D eigenvalue weighted by molar-refractivity contribution is 5.94. The van der Waals surface area contributed by atoms with Crippen LogP contribution in [0.15, 0.2) is 42.7 Å². The third-order valence-electron chi connectivity index (χ3n) is 3.66. The first kappa shape index (κ1) is 12.8. The number of hydrogen-bond acceptors (Lipinski definition) is 2. The highest BCUT2D eigenvalue weighted by Gasteiger charge is 2.33.